The Labute approximate surface area is 126 Å². The molecule has 1 amide bonds. The van der Waals surface area contributed by atoms with Gasteiger partial charge >= 0.3 is 6.09 Å². The van der Waals surface area contributed by atoms with E-state index < -0.39 is 5.60 Å². The second-order valence-corrected chi connectivity index (χ2v) is 7.15. The summed E-state index contributed by atoms with van der Waals surface area (Å²) in [5.74, 6) is 1.43. The fourth-order valence-electron chi connectivity index (χ4n) is 3.33. The molecule has 114 valence electrons. The molecule has 2 aliphatic rings. The Morgan fingerprint density at radius 1 is 1.38 bits per heavy atom. The fourth-order valence-corrected chi connectivity index (χ4v) is 3.33. The third kappa shape index (κ3) is 2.59. The molecule has 0 spiro atoms. The van der Waals surface area contributed by atoms with Crippen molar-refractivity contribution >= 4 is 6.09 Å². The van der Waals surface area contributed by atoms with Crippen molar-refractivity contribution < 1.29 is 14.3 Å². The predicted octanol–water partition coefficient (Wildman–Crippen LogP) is 3.20. The number of amides is 1. The van der Waals surface area contributed by atoms with E-state index in [-0.39, 0.29) is 11.5 Å². The lowest BCUT2D eigenvalue weighted by Crippen LogP contribution is -2.37. The standard InChI is InChI=1S/C17H23NO3/c1-16(2,3)21-15(19)18-10-13-9-17(13,11-18)12-6-5-7-14(8-12)20-4/h5-8,13H,9-11H2,1-4H3/t13-,17?/m1/s1. The molecular weight excluding hydrogens is 266 g/mol. The van der Waals surface area contributed by atoms with Gasteiger partial charge in [0.25, 0.3) is 0 Å². The number of methoxy groups -OCH3 is 1. The molecule has 4 nitrogen and oxygen atoms in total. The van der Waals surface area contributed by atoms with Crippen molar-refractivity contribution in [1.82, 2.24) is 4.90 Å². The van der Waals surface area contributed by atoms with Gasteiger partial charge in [0, 0.05) is 18.5 Å². The quantitative estimate of drug-likeness (QED) is 0.839. The molecular formula is C17H23NO3. The molecule has 0 radical (unpaired) electrons. The van der Waals surface area contributed by atoms with Gasteiger partial charge in [-0.2, -0.15) is 0 Å². The second-order valence-electron chi connectivity index (χ2n) is 7.15. The molecule has 4 heteroatoms. The van der Waals surface area contributed by atoms with Crippen LogP contribution in [0.5, 0.6) is 5.75 Å². The van der Waals surface area contributed by atoms with E-state index in [1.54, 1.807) is 7.11 Å². The molecule has 1 aliphatic carbocycles. The third-order valence-corrected chi connectivity index (χ3v) is 4.44. The number of fused-ring (bicyclic) bond motifs is 1. The van der Waals surface area contributed by atoms with E-state index in [1.807, 2.05) is 37.8 Å². The van der Waals surface area contributed by atoms with E-state index in [4.69, 9.17) is 9.47 Å². The molecule has 2 fully saturated rings. The summed E-state index contributed by atoms with van der Waals surface area (Å²) < 4.78 is 10.8. The molecule has 1 aliphatic heterocycles. The molecule has 1 aromatic rings. The van der Waals surface area contributed by atoms with Gasteiger partial charge in [0.05, 0.1) is 7.11 Å². The van der Waals surface area contributed by atoms with Crippen LogP contribution in [0.3, 0.4) is 0 Å². The molecule has 1 heterocycles. The van der Waals surface area contributed by atoms with Crippen molar-refractivity contribution in [3.05, 3.63) is 29.8 Å². The first kappa shape index (κ1) is 14.2. The zero-order valence-electron chi connectivity index (χ0n) is 13.2. The normalized spacial score (nSPS) is 27.2. The van der Waals surface area contributed by atoms with Crippen LogP contribution in [0.4, 0.5) is 4.79 Å². The number of piperidine rings is 1. The highest BCUT2D eigenvalue weighted by molar-refractivity contribution is 5.69. The summed E-state index contributed by atoms with van der Waals surface area (Å²) in [6.07, 6.45) is 0.955. The van der Waals surface area contributed by atoms with Crippen LogP contribution >= 0.6 is 0 Å². The van der Waals surface area contributed by atoms with Crippen LogP contribution in [0, 0.1) is 5.92 Å². The van der Waals surface area contributed by atoms with Crippen LogP contribution in [0.15, 0.2) is 24.3 Å². The van der Waals surface area contributed by atoms with Gasteiger partial charge in [-0.3, -0.25) is 0 Å². The first-order valence-corrected chi connectivity index (χ1v) is 7.46. The summed E-state index contributed by atoms with van der Waals surface area (Å²) in [6.45, 7) is 7.25. The number of nitrogens with zero attached hydrogens (tertiary/aromatic N) is 1. The minimum atomic E-state index is -0.438. The highest BCUT2D eigenvalue weighted by atomic mass is 16.6. The van der Waals surface area contributed by atoms with Crippen molar-refractivity contribution in [2.24, 2.45) is 5.92 Å². The maximum absolute atomic E-state index is 12.2. The van der Waals surface area contributed by atoms with Crippen molar-refractivity contribution in [2.75, 3.05) is 20.2 Å². The van der Waals surface area contributed by atoms with Crippen molar-refractivity contribution in [3.63, 3.8) is 0 Å². The number of carbonyl (C=O) groups is 1. The van der Waals surface area contributed by atoms with Crippen LogP contribution in [-0.4, -0.2) is 36.8 Å². The van der Waals surface area contributed by atoms with Gasteiger partial charge in [-0.25, -0.2) is 4.79 Å². The maximum Gasteiger partial charge on any atom is 0.410 e. The predicted molar refractivity (Wildman–Crippen MR) is 80.6 cm³/mol. The summed E-state index contributed by atoms with van der Waals surface area (Å²) >= 11 is 0. The summed E-state index contributed by atoms with van der Waals surface area (Å²) in [5, 5.41) is 0. The smallest absolute Gasteiger partial charge is 0.410 e. The Morgan fingerprint density at radius 2 is 2.14 bits per heavy atom. The van der Waals surface area contributed by atoms with Crippen LogP contribution < -0.4 is 4.74 Å². The lowest BCUT2D eigenvalue weighted by atomic mass is 9.95. The Bertz CT molecular complexity index is 563. The van der Waals surface area contributed by atoms with Gasteiger partial charge < -0.3 is 14.4 Å². The maximum atomic E-state index is 12.2. The van der Waals surface area contributed by atoms with E-state index in [0.717, 1.165) is 25.3 Å². The number of hydrogen-bond donors (Lipinski definition) is 0. The molecule has 1 saturated heterocycles. The molecule has 3 rings (SSSR count). The van der Waals surface area contributed by atoms with Crippen LogP contribution in [0.2, 0.25) is 0 Å². The molecule has 0 bridgehead atoms. The number of benzene rings is 1. The van der Waals surface area contributed by atoms with Gasteiger partial charge in [-0.15, -0.1) is 0 Å². The largest absolute Gasteiger partial charge is 0.497 e. The number of carbonyl (C=O) groups excluding carboxylic acids is 1. The summed E-state index contributed by atoms with van der Waals surface area (Å²) in [6, 6.07) is 8.21. The zero-order valence-corrected chi connectivity index (χ0v) is 13.2. The van der Waals surface area contributed by atoms with Crippen molar-refractivity contribution in [1.29, 1.82) is 0 Å². The third-order valence-electron chi connectivity index (χ3n) is 4.44. The first-order valence-electron chi connectivity index (χ1n) is 7.46. The van der Waals surface area contributed by atoms with Crippen molar-refractivity contribution in [2.45, 2.75) is 38.2 Å². The van der Waals surface area contributed by atoms with Gasteiger partial charge in [0.15, 0.2) is 0 Å². The second kappa shape index (κ2) is 4.65. The molecule has 1 aromatic carbocycles. The Balaban J connectivity index is 1.73. The molecule has 0 N–H and O–H groups in total. The Kier molecular flexibility index (Phi) is 3.15. The minimum Gasteiger partial charge on any atom is -0.497 e. The van der Waals surface area contributed by atoms with Crippen LogP contribution in [-0.2, 0) is 10.2 Å². The van der Waals surface area contributed by atoms with Gasteiger partial charge in [0.1, 0.15) is 11.4 Å². The summed E-state index contributed by atoms with van der Waals surface area (Å²) in [4.78, 5) is 14.0. The van der Waals surface area contributed by atoms with E-state index in [2.05, 4.69) is 12.1 Å². The van der Waals surface area contributed by atoms with Gasteiger partial charge in [-0.1, -0.05) is 12.1 Å². The lowest BCUT2D eigenvalue weighted by Gasteiger charge is -2.26. The Morgan fingerprint density at radius 3 is 2.81 bits per heavy atom. The average Bonchev–Trinajstić information content (AvgIpc) is 2.99. The van der Waals surface area contributed by atoms with E-state index >= 15 is 0 Å². The zero-order chi connectivity index (χ0) is 15.3. The lowest BCUT2D eigenvalue weighted by molar-refractivity contribution is 0.0270. The number of hydrogen-bond acceptors (Lipinski definition) is 3. The highest BCUT2D eigenvalue weighted by Crippen LogP contribution is 2.59. The molecule has 1 saturated carbocycles. The molecule has 0 aromatic heterocycles. The minimum absolute atomic E-state index is 0.117. The van der Waals surface area contributed by atoms with E-state index in [0.29, 0.717) is 5.92 Å². The van der Waals surface area contributed by atoms with E-state index in [1.165, 1.54) is 5.56 Å². The van der Waals surface area contributed by atoms with Gasteiger partial charge in [0.2, 0.25) is 0 Å². The van der Waals surface area contributed by atoms with Crippen LogP contribution in [0.1, 0.15) is 32.8 Å². The van der Waals surface area contributed by atoms with Gasteiger partial charge in [-0.05, 0) is 50.8 Å². The Hall–Kier alpha value is -1.71. The number of rotatable bonds is 2. The molecule has 1 unspecified atom stereocenters. The number of ether oxygens (including phenoxy) is 2. The SMILES string of the molecule is COc1cccc(C23C[C@@H]2CN(C(=O)OC(C)(C)C)C3)c1. The molecule has 2 atom stereocenters. The first-order chi connectivity index (χ1) is 9.84. The molecule has 21 heavy (non-hydrogen) atoms. The topological polar surface area (TPSA) is 38.8 Å². The van der Waals surface area contributed by atoms with Crippen molar-refractivity contribution in [3.8, 4) is 5.75 Å². The average molecular weight is 289 g/mol. The number of likely N-dealkylation sites (tertiary alicyclic amines) is 1. The summed E-state index contributed by atoms with van der Waals surface area (Å²) in [5.41, 5.74) is 0.955. The fraction of sp³-hybridized carbons (Fsp3) is 0.588. The van der Waals surface area contributed by atoms with Crippen LogP contribution in [0.25, 0.3) is 0 Å². The summed E-state index contributed by atoms with van der Waals surface area (Å²) in [7, 11) is 1.68. The monoisotopic (exact) mass is 289 g/mol. The van der Waals surface area contributed by atoms with E-state index in [9.17, 15) is 4.79 Å². The highest BCUT2D eigenvalue weighted by Gasteiger charge is 2.62.